The number of H-pyrrole nitrogens is 1. The standard InChI is InChI=1S/C4H3N3O4/c8-2-11-4-3(7(9)10)1-5-6-4/h1-2H,(H,5,6). The first kappa shape index (κ1) is 7.19. The van der Waals surface area contributed by atoms with Gasteiger partial charge in [-0.3, -0.25) is 20.0 Å². The summed E-state index contributed by atoms with van der Waals surface area (Å²) in [7, 11) is 0. The van der Waals surface area contributed by atoms with Crippen LogP contribution in [0.15, 0.2) is 6.20 Å². The van der Waals surface area contributed by atoms with E-state index < -0.39 is 4.92 Å². The average molecular weight is 157 g/mol. The van der Waals surface area contributed by atoms with Crippen molar-refractivity contribution >= 4 is 12.2 Å². The van der Waals surface area contributed by atoms with Crippen LogP contribution in [0, 0.1) is 10.1 Å². The lowest BCUT2D eigenvalue weighted by Gasteiger charge is -1.87. The largest absolute Gasteiger partial charge is 0.402 e. The van der Waals surface area contributed by atoms with Crippen molar-refractivity contribution in [3.8, 4) is 5.88 Å². The molecule has 0 amide bonds. The third kappa shape index (κ3) is 1.31. The quantitative estimate of drug-likeness (QED) is 0.373. The van der Waals surface area contributed by atoms with Gasteiger partial charge in [0.05, 0.1) is 4.92 Å². The molecule has 0 fully saturated rings. The smallest absolute Gasteiger partial charge is 0.350 e. The number of hydrogen-bond acceptors (Lipinski definition) is 5. The number of ether oxygens (including phenoxy) is 1. The molecule has 0 bridgehead atoms. The monoisotopic (exact) mass is 157 g/mol. The van der Waals surface area contributed by atoms with Crippen molar-refractivity contribution in [2.45, 2.75) is 0 Å². The van der Waals surface area contributed by atoms with Crippen LogP contribution in [0.1, 0.15) is 0 Å². The van der Waals surface area contributed by atoms with E-state index in [4.69, 9.17) is 0 Å². The minimum absolute atomic E-state index is 0.0726. The predicted octanol–water partition coefficient (Wildman–Crippen LogP) is -0.147. The second-order valence-corrected chi connectivity index (χ2v) is 1.55. The number of aromatic amines is 1. The van der Waals surface area contributed by atoms with Crippen LogP contribution in [0.5, 0.6) is 5.88 Å². The Hall–Kier alpha value is -1.92. The highest BCUT2D eigenvalue weighted by molar-refractivity contribution is 5.49. The highest BCUT2D eigenvalue weighted by atomic mass is 16.6. The molecule has 0 aliphatic carbocycles. The summed E-state index contributed by atoms with van der Waals surface area (Å²) < 4.78 is 4.17. The van der Waals surface area contributed by atoms with Gasteiger partial charge in [-0.2, -0.15) is 0 Å². The van der Waals surface area contributed by atoms with Gasteiger partial charge in [0, 0.05) is 0 Å². The zero-order chi connectivity index (χ0) is 8.27. The summed E-state index contributed by atoms with van der Waals surface area (Å²) in [6, 6.07) is 0. The van der Waals surface area contributed by atoms with Crippen LogP contribution in [0.4, 0.5) is 5.69 Å². The molecule has 0 saturated carbocycles. The van der Waals surface area contributed by atoms with Gasteiger partial charge in [0.1, 0.15) is 6.20 Å². The third-order valence-electron chi connectivity index (χ3n) is 0.943. The second-order valence-electron chi connectivity index (χ2n) is 1.55. The Morgan fingerprint density at radius 2 is 2.55 bits per heavy atom. The Morgan fingerprint density at radius 3 is 3.09 bits per heavy atom. The molecule has 1 rings (SSSR count). The van der Waals surface area contributed by atoms with Gasteiger partial charge in [-0.1, -0.05) is 0 Å². The van der Waals surface area contributed by atoms with Crippen LogP contribution >= 0.6 is 0 Å². The molecule has 0 spiro atoms. The molecule has 0 aliphatic rings. The van der Waals surface area contributed by atoms with Crippen molar-refractivity contribution in [1.29, 1.82) is 0 Å². The number of hydrogen-bond donors (Lipinski definition) is 1. The van der Waals surface area contributed by atoms with Gasteiger partial charge < -0.3 is 4.74 Å². The molecule has 1 aromatic heterocycles. The summed E-state index contributed by atoms with van der Waals surface area (Å²) in [5, 5.41) is 15.6. The molecule has 1 N–H and O–H groups in total. The van der Waals surface area contributed by atoms with Crippen LogP contribution in [-0.4, -0.2) is 21.6 Å². The molecule has 58 valence electrons. The molecule has 1 heterocycles. The fraction of sp³-hybridized carbons (Fsp3) is 0. The molecule has 0 radical (unpaired) electrons. The lowest BCUT2D eigenvalue weighted by atomic mass is 10.6. The minimum atomic E-state index is -0.706. The maximum atomic E-state index is 10.1. The first-order valence-electron chi connectivity index (χ1n) is 2.54. The minimum Gasteiger partial charge on any atom is -0.402 e. The number of nitrogens with zero attached hydrogens (tertiary/aromatic N) is 2. The van der Waals surface area contributed by atoms with Gasteiger partial charge in [0.2, 0.25) is 0 Å². The van der Waals surface area contributed by atoms with Gasteiger partial charge in [0.25, 0.3) is 6.47 Å². The van der Waals surface area contributed by atoms with Gasteiger partial charge in [-0.15, -0.1) is 5.10 Å². The molecule has 1 aromatic rings. The lowest BCUT2D eigenvalue weighted by Crippen LogP contribution is -1.93. The van der Waals surface area contributed by atoms with Gasteiger partial charge in [-0.05, 0) is 0 Å². The molecule has 7 nitrogen and oxygen atoms in total. The second kappa shape index (κ2) is 2.78. The Balaban J connectivity index is 2.95. The Bertz CT molecular complexity index is 281. The van der Waals surface area contributed by atoms with Gasteiger partial charge >= 0.3 is 11.6 Å². The van der Waals surface area contributed by atoms with Crippen molar-refractivity contribution in [3.63, 3.8) is 0 Å². The lowest BCUT2D eigenvalue weighted by molar-refractivity contribution is -0.385. The van der Waals surface area contributed by atoms with E-state index >= 15 is 0 Å². The summed E-state index contributed by atoms with van der Waals surface area (Å²) >= 11 is 0. The van der Waals surface area contributed by atoms with E-state index in [9.17, 15) is 14.9 Å². The summed E-state index contributed by atoms with van der Waals surface area (Å²) in [4.78, 5) is 19.1. The Kier molecular flexibility index (Phi) is 1.81. The van der Waals surface area contributed by atoms with Crippen LogP contribution < -0.4 is 4.74 Å². The van der Waals surface area contributed by atoms with Crippen molar-refractivity contribution in [2.75, 3.05) is 0 Å². The number of aromatic nitrogens is 2. The normalized spacial score (nSPS) is 9.09. The summed E-state index contributed by atoms with van der Waals surface area (Å²) in [5.41, 5.74) is -0.364. The van der Waals surface area contributed by atoms with Crippen molar-refractivity contribution in [2.24, 2.45) is 0 Å². The van der Waals surface area contributed by atoms with E-state index in [2.05, 4.69) is 14.9 Å². The fourth-order valence-corrected chi connectivity index (χ4v) is 0.534. The SMILES string of the molecule is O=COc1n[nH]cc1[N+](=O)[O-]. The number of nitrogens with one attached hydrogen (secondary N) is 1. The molecule has 0 unspecified atom stereocenters. The summed E-state index contributed by atoms with van der Waals surface area (Å²) in [6.45, 7) is 0.0726. The molecule has 0 atom stereocenters. The van der Waals surface area contributed by atoms with E-state index in [-0.39, 0.29) is 18.0 Å². The average Bonchev–Trinajstić information content (AvgIpc) is 2.36. The number of nitro groups is 1. The summed E-state index contributed by atoms with van der Waals surface area (Å²) in [6.07, 6.45) is 1.03. The summed E-state index contributed by atoms with van der Waals surface area (Å²) in [5.74, 6) is -0.329. The van der Waals surface area contributed by atoms with Gasteiger partial charge in [-0.25, -0.2) is 0 Å². The molecule has 7 heteroatoms. The number of rotatable bonds is 3. The molecule has 11 heavy (non-hydrogen) atoms. The van der Waals surface area contributed by atoms with Crippen molar-refractivity contribution in [1.82, 2.24) is 10.2 Å². The van der Waals surface area contributed by atoms with Crippen molar-refractivity contribution in [3.05, 3.63) is 16.3 Å². The molecular weight excluding hydrogens is 154 g/mol. The highest BCUT2D eigenvalue weighted by Crippen LogP contribution is 2.21. The van der Waals surface area contributed by atoms with E-state index in [1.54, 1.807) is 0 Å². The van der Waals surface area contributed by atoms with E-state index in [1.165, 1.54) is 0 Å². The Labute approximate surface area is 60.1 Å². The maximum absolute atomic E-state index is 10.1. The predicted molar refractivity (Wildman–Crippen MR) is 31.9 cm³/mol. The Morgan fingerprint density at radius 1 is 1.82 bits per heavy atom. The third-order valence-corrected chi connectivity index (χ3v) is 0.943. The van der Waals surface area contributed by atoms with Crippen LogP contribution in [0.2, 0.25) is 0 Å². The van der Waals surface area contributed by atoms with E-state index in [1.807, 2.05) is 0 Å². The topological polar surface area (TPSA) is 98.1 Å². The highest BCUT2D eigenvalue weighted by Gasteiger charge is 2.17. The number of carbonyl (C=O) groups excluding carboxylic acids is 1. The molecular formula is C4H3N3O4. The first-order valence-corrected chi connectivity index (χ1v) is 2.54. The van der Waals surface area contributed by atoms with E-state index in [0.717, 1.165) is 6.20 Å². The van der Waals surface area contributed by atoms with Crippen LogP contribution in [-0.2, 0) is 4.79 Å². The zero-order valence-corrected chi connectivity index (χ0v) is 5.18. The van der Waals surface area contributed by atoms with Gasteiger partial charge in [0.15, 0.2) is 0 Å². The molecule has 0 aromatic carbocycles. The molecule has 0 saturated heterocycles. The van der Waals surface area contributed by atoms with Crippen LogP contribution in [0.3, 0.4) is 0 Å². The van der Waals surface area contributed by atoms with Crippen molar-refractivity contribution < 1.29 is 14.5 Å². The fourth-order valence-electron chi connectivity index (χ4n) is 0.534. The molecule has 0 aliphatic heterocycles. The van der Waals surface area contributed by atoms with E-state index in [0.29, 0.717) is 0 Å². The number of carbonyl (C=O) groups is 1. The first-order chi connectivity index (χ1) is 5.25. The maximum Gasteiger partial charge on any atom is 0.350 e. The zero-order valence-electron chi connectivity index (χ0n) is 5.18. The van der Waals surface area contributed by atoms with Crippen LogP contribution in [0.25, 0.3) is 0 Å².